The van der Waals surface area contributed by atoms with E-state index < -0.39 is 13.1 Å². The van der Waals surface area contributed by atoms with Gasteiger partial charge in [-0.25, -0.2) is 4.79 Å². The third-order valence-corrected chi connectivity index (χ3v) is 3.81. The molecule has 1 heterocycles. The van der Waals surface area contributed by atoms with Crippen LogP contribution in [0.3, 0.4) is 0 Å². The van der Waals surface area contributed by atoms with Crippen molar-refractivity contribution in [3.8, 4) is 0 Å². The van der Waals surface area contributed by atoms with E-state index in [1.807, 2.05) is 27.7 Å². The molecule has 0 aliphatic carbocycles. The summed E-state index contributed by atoms with van der Waals surface area (Å²) in [6.07, 6.45) is 0. The number of carboxylic acid groups (broad SMARTS) is 1. The zero-order valence-corrected chi connectivity index (χ0v) is 11.2. The highest BCUT2D eigenvalue weighted by atomic mass is 16.6. The Labute approximate surface area is 107 Å². The molecule has 0 unspecified atom stereocenters. The highest BCUT2D eigenvalue weighted by Gasteiger charge is 2.34. The summed E-state index contributed by atoms with van der Waals surface area (Å²) in [4.78, 5) is 11.5. The second-order valence-electron chi connectivity index (χ2n) is 4.67. The van der Waals surface area contributed by atoms with E-state index in [0.717, 1.165) is 22.3 Å². The van der Waals surface area contributed by atoms with Crippen LogP contribution in [-0.2, 0) is 9.31 Å². The number of hydrogen-bond donors (Lipinski definition) is 1. The van der Waals surface area contributed by atoms with Gasteiger partial charge in [0.1, 0.15) is 0 Å². The summed E-state index contributed by atoms with van der Waals surface area (Å²) in [5.74, 6) is -0.923. The Kier molecular flexibility index (Phi) is 3.46. The molecule has 0 radical (unpaired) electrons. The van der Waals surface area contributed by atoms with Crippen LogP contribution in [0.4, 0.5) is 0 Å². The van der Waals surface area contributed by atoms with Crippen LogP contribution in [0.1, 0.15) is 32.6 Å². The van der Waals surface area contributed by atoms with Crippen molar-refractivity contribution in [1.82, 2.24) is 0 Å². The largest absolute Gasteiger partial charge is 0.495 e. The van der Waals surface area contributed by atoms with Gasteiger partial charge in [-0.3, -0.25) is 0 Å². The molecule has 1 aromatic rings. The Hall–Kier alpha value is -1.33. The molecule has 0 spiro atoms. The number of carbonyl (C=O) groups is 1. The van der Waals surface area contributed by atoms with Crippen molar-refractivity contribution in [3.05, 3.63) is 27.8 Å². The molecule has 2 rings (SSSR count). The molecule has 0 bridgehead atoms. The SMILES string of the molecule is Cc1c(C)c(C)c(C(=O)O)c(B2OCCO2)c1C. The maximum Gasteiger partial charge on any atom is 0.495 e. The zero-order chi connectivity index (χ0) is 13.4. The predicted molar refractivity (Wildman–Crippen MR) is 69.6 cm³/mol. The van der Waals surface area contributed by atoms with Crippen LogP contribution in [0.15, 0.2) is 0 Å². The fourth-order valence-corrected chi connectivity index (χ4v) is 2.44. The van der Waals surface area contributed by atoms with Crippen molar-refractivity contribution in [2.75, 3.05) is 13.2 Å². The lowest BCUT2D eigenvalue weighted by Gasteiger charge is -2.19. The molecular formula is C13H17BO4. The maximum absolute atomic E-state index is 11.5. The van der Waals surface area contributed by atoms with E-state index in [4.69, 9.17) is 9.31 Å². The van der Waals surface area contributed by atoms with Gasteiger partial charge in [-0.05, 0) is 49.9 Å². The standard InChI is InChI=1S/C13H17BO4/c1-7-8(2)10(4)12(14-17-5-6-18-14)11(9(7)3)13(15)16/h5-6H2,1-4H3,(H,15,16). The molecule has 0 atom stereocenters. The van der Waals surface area contributed by atoms with Gasteiger partial charge in [0.2, 0.25) is 0 Å². The Bertz CT molecular complexity index is 504. The molecule has 1 fully saturated rings. The van der Waals surface area contributed by atoms with Gasteiger partial charge in [-0.15, -0.1) is 0 Å². The Morgan fingerprint density at radius 1 is 1.00 bits per heavy atom. The van der Waals surface area contributed by atoms with Crippen LogP contribution in [0.5, 0.6) is 0 Å². The van der Waals surface area contributed by atoms with Gasteiger partial charge in [-0.1, -0.05) is 0 Å². The summed E-state index contributed by atoms with van der Waals surface area (Å²) < 4.78 is 10.9. The summed E-state index contributed by atoms with van der Waals surface area (Å²) in [5.41, 5.74) is 4.85. The third-order valence-electron chi connectivity index (χ3n) is 3.81. The Balaban J connectivity index is 2.72. The molecule has 1 aliphatic heterocycles. The fraction of sp³-hybridized carbons (Fsp3) is 0.462. The summed E-state index contributed by atoms with van der Waals surface area (Å²) in [6.45, 7) is 8.73. The van der Waals surface area contributed by atoms with E-state index in [-0.39, 0.29) is 0 Å². The molecule has 0 saturated carbocycles. The number of aromatic carboxylic acids is 1. The van der Waals surface area contributed by atoms with Crippen LogP contribution < -0.4 is 5.46 Å². The van der Waals surface area contributed by atoms with Crippen molar-refractivity contribution in [3.63, 3.8) is 0 Å². The van der Waals surface area contributed by atoms with Gasteiger partial charge in [0.25, 0.3) is 0 Å². The van der Waals surface area contributed by atoms with Gasteiger partial charge in [-0.2, -0.15) is 0 Å². The lowest BCUT2D eigenvalue weighted by molar-refractivity contribution is 0.0697. The molecule has 1 saturated heterocycles. The molecule has 0 aromatic heterocycles. The molecule has 4 nitrogen and oxygen atoms in total. The normalized spacial score (nSPS) is 15.2. The van der Waals surface area contributed by atoms with E-state index in [1.165, 1.54) is 0 Å². The van der Waals surface area contributed by atoms with Gasteiger partial charge in [0.15, 0.2) is 0 Å². The first-order valence-corrected chi connectivity index (χ1v) is 6.02. The maximum atomic E-state index is 11.5. The molecule has 1 aromatic carbocycles. The van der Waals surface area contributed by atoms with Crippen LogP contribution in [0, 0.1) is 27.7 Å². The van der Waals surface area contributed by atoms with Crippen LogP contribution in [-0.4, -0.2) is 31.4 Å². The topological polar surface area (TPSA) is 55.8 Å². The molecule has 18 heavy (non-hydrogen) atoms. The van der Waals surface area contributed by atoms with Crippen molar-refractivity contribution in [1.29, 1.82) is 0 Å². The number of benzene rings is 1. The Morgan fingerprint density at radius 3 is 2.00 bits per heavy atom. The average Bonchev–Trinajstić information content (AvgIpc) is 2.83. The third kappa shape index (κ3) is 1.93. The van der Waals surface area contributed by atoms with Crippen LogP contribution in [0.25, 0.3) is 0 Å². The second-order valence-corrected chi connectivity index (χ2v) is 4.67. The van der Waals surface area contributed by atoms with Crippen molar-refractivity contribution >= 4 is 18.6 Å². The molecule has 96 valence electrons. The minimum atomic E-state index is -0.923. The van der Waals surface area contributed by atoms with Gasteiger partial charge >= 0.3 is 13.1 Å². The first-order chi connectivity index (χ1) is 8.45. The zero-order valence-electron chi connectivity index (χ0n) is 11.2. The molecule has 1 N–H and O–H groups in total. The first-order valence-electron chi connectivity index (χ1n) is 6.02. The minimum Gasteiger partial charge on any atom is -0.478 e. The van der Waals surface area contributed by atoms with E-state index in [0.29, 0.717) is 24.2 Å². The second kappa shape index (κ2) is 4.74. The summed E-state index contributed by atoms with van der Waals surface area (Å²) in [6, 6.07) is 0. The van der Waals surface area contributed by atoms with Crippen LogP contribution in [0.2, 0.25) is 0 Å². The molecular weight excluding hydrogens is 231 g/mol. The first kappa shape index (κ1) is 13.1. The Morgan fingerprint density at radius 2 is 1.50 bits per heavy atom. The molecule has 0 amide bonds. The molecule has 1 aliphatic rings. The van der Waals surface area contributed by atoms with Gasteiger partial charge in [0, 0.05) is 5.46 Å². The number of hydrogen-bond acceptors (Lipinski definition) is 3. The predicted octanol–water partition coefficient (Wildman–Crippen LogP) is 1.36. The quantitative estimate of drug-likeness (QED) is 0.803. The van der Waals surface area contributed by atoms with E-state index in [2.05, 4.69) is 0 Å². The fourth-order valence-electron chi connectivity index (χ4n) is 2.44. The van der Waals surface area contributed by atoms with Crippen molar-refractivity contribution in [2.45, 2.75) is 27.7 Å². The lowest BCUT2D eigenvalue weighted by Crippen LogP contribution is -2.39. The number of carboxylic acids is 1. The average molecular weight is 248 g/mol. The highest BCUT2D eigenvalue weighted by molar-refractivity contribution is 6.64. The van der Waals surface area contributed by atoms with E-state index in [1.54, 1.807) is 0 Å². The van der Waals surface area contributed by atoms with Gasteiger partial charge in [0.05, 0.1) is 18.8 Å². The molecule has 5 heteroatoms. The smallest absolute Gasteiger partial charge is 0.478 e. The number of rotatable bonds is 2. The summed E-state index contributed by atoms with van der Waals surface area (Å²) in [5, 5.41) is 9.44. The van der Waals surface area contributed by atoms with Gasteiger partial charge < -0.3 is 14.4 Å². The highest BCUT2D eigenvalue weighted by Crippen LogP contribution is 2.21. The minimum absolute atomic E-state index is 0.322. The summed E-state index contributed by atoms with van der Waals surface area (Å²) in [7, 11) is -0.547. The van der Waals surface area contributed by atoms with E-state index >= 15 is 0 Å². The van der Waals surface area contributed by atoms with Crippen molar-refractivity contribution in [2.24, 2.45) is 0 Å². The van der Waals surface area contributed by atoms with Crippen molar-refractivity contribution < 1.29 is 19.2 Å². The van der Waals surface area contributed by atoms with Crippen LogP contribution >= 0.6 is 0 Å². The lowest BCUT2D eigenvalue weighted by atomic mass is 9.70. The monoisotopic (exact) mass is 248 g/mol. The summed E-state index contributed by atoms with van der Waals surface area (Å²) >= 11 is 0. The van der Waals surface area contributed by atoms with E-state index in [9.17, 15) is 9.90 Å².